The second-order valence-electron chi connectivity index (χ2n) is 10.3. The van der Waals surface area contributed by atoms with Gasteiger partial charge in [-0.15, -0.1) is 0 Å². The minimum absolute atomic E-state index is 0.0971. The molecule has 44 heavy (non-hydrogen) atoms. The number of halogens is 1. The predicted octanol–water partition coefficient (Wildman–Crippen LogP) is 9.03. The van der Waals surface area contributed by atoms with Crippen molar-refractivity contribution >= 4 is 43.2 Å². The van der Waals surface area contributed by atoms with E-state index in [9.17, 15) is 17.6 Å². The largest absolute Gasteiger partial charge is 0.465 e. The summed E-state index contributed by atoms with van der Waals surface area (Å²) >= 11 is 1.24. The maximum atomic E-state index is 14.9. The molecule has 2 aromatic heterocycles. The number of aromatic nitrogens is 1. The van der Waals surface area contributed by atoms with Crippen LogP contribution in [0.5, 0.6) is 0 Å². The third-order valence-corrected chi connectivity index (χ3v) is 10.2. The Morgan fingerprint density at radius 3 is 2.34 bits per heavy atom. The van der Waals surface area contributed by atoms with Crippen molar-refractivity contribution in [3.63, 3.8) is 0 Å². The van der Waals surface area contributed by atoms with Crippen LogP contribution >= 0.6 is 11.3 Å². The Kier molecular flexibility index (Phi) is 7.41. The molecule has 0 bridgehead atoms. The lowest BCUT2D eigenvalue weighted by Crippen LogP contribution is -2.14. The topological polar surface area (TPSA) is 69.7 Å². The van der Waals surface area contributed by atoms with E-state index in [4.69, 9.17) is 11.3 Å². The summed E-state index contributed by atoms with van der Waals surface area (Å²) in [4.78, 5) is 15.8. The molecule has 218 valence electrons. The Balaban J connectivity index is 1.69. The van der Waals surface area contributed by atoms with Gasteiger partial charge in [0.25, 0.3) is 10.0 Å². The van der Waals surface area contributed by atoms with Gasteiger partial charge in [0.05, 0.1) is 35.4 Å². The molecule has 0 spiro atoms. The summed E-state index contributed by atoms with van der Waals surface area (Å²) < 4.78 is 50.1. The number of fused-ring (bicyclic) bond motifs is 1. The molecule has 0 amide bonds. The van der Waals surface area contributed by atoms with Crippen LogP contribution < -0.4 is 0 Å². The number of methoxy groups -OCH3 is 1. The number of ether oxygens (including phenoxy) is 1. The van der Waals surface area contributed by atoms with E-state index in [1.54, 1.807) is 60.0 Å². The molecule has 0 aliphatic carbocycles. The second kappa shape index (κ2) is 11.2. The van der Waals surface area contributed by atoms with Crippen LogP contribution in [0.2, 0.25) is 0 Å². The van der Waals surface area contributed by atoms with Crippen molar-refractivity contribution < 1.29 is 22.3 Å². The maximum Gasteiger partial charge on any atom is 0.337 e. The highest BCUT2D eigenvalue weighted by molar-refractivity contribution is 7.90. The fourth-order valence-electron chi connectivity index (χ4n) is 5.34. The first kappa shape index (κ1) is 29.1. The van der Waals surface area contributed by atoms with Crippen LogP contribution in [-0.4, -0.2) is 25.5 Å². The van der Waals surface area contributed by atoms with Crippen molar-refractivity contribution in [2.24, 2.45) is 0 Å². The van der Waals surface area contributed by atoms with E-state index in [-0.39, 0.29) is 4.90 Å². The highest BCUT2D eigenvalue weighted by Crippen LogP contribution is 2.48. The molecule has 2 heterocycles. The molecule has 0 N–H and O–H groups in total. The van der Waals surface area contributed by atoms with E-state index in [0.29, 0.717) is 43.9 Å². The number of hydrogen-bond acceptors (Lipinski definition) is 5. The number of carbonyl (C=O) groups is 1. The van der Waals surface area contributed by atoms with Crippen molar-refractivity contribution in [3.05, 3.63) is 130 Å². The van der Waals surface area contributed by atoms with Gasteiger partial charge in [0.1, 0.15) is 5.82 Å². The first-order chi connectivity index (χ1) is 21.1. The van der Waals surface area contributed by atoms with E-state index >= 15 is 0 Å². The third-order valence-electron chi connectivity index (χ3n) is 7.69. The van der Waals surface area contributed by atoms with Gasteiger partial charge in [0.2, 0.25) is 5.00 Å². The normalized spacial score (nSPS) is 11.4. The molecule has 0 fully saturated rings. The van der Waals surface area contributed by atoms with E-state index in [1.807, 2.05) is 32.0 Å². The predicted molar refractivity (Wildman–Crippen MR) is 172 cm³/mol. The minimum atomic E-state index is -4.21. The highest BCUT2D eigenvalue weighted by atomic mass is 32.2. The quantitative estimate of drug-likeness (QED) is 0.138. The number of aryl methyl sites for hydroxylation is 2. The lowest BCUT2D eigenvalue weighted by Gasteiger charge is -2.15. The summed E-state index contributed by atoms with van der Waals surface area (Å²) in [6, 6.07) is 25.0. The van der Waals surface area contributed by atoms with Gasteiger partial charge in [-0.3, -0.25) is 0 Å². The molecule has 0 radical (unpaired) electrons. The average Bonchev–Trinajstić information content (AvgIpc) is 3.64. The lowest BCUT2D eigenvalue weighted by atomic mass is 9.96. The zero-order chi connectivity index (χ0) is 31.2. The summed E-state index contributed by atoms with van der Waals surface area (Å²) in [7, 11) is -2.89. The first-order valence-corrected chi connectivity index (χ1v) is 15.9. The Morgan fingerprint density at radius 1 is 0.886 bits per heavy atom. The van der Waals surface area contributed by atoms with Crippen molar-refractivity contribution in [3.8, 4) is 33.5 Å². The Morgan fingerprint density at radius 2 is 1.64 bits per heavy atom. The first-order valence-electron chi connectivity index (χ1n) is 13.6. The molecule has 6 nitrogen and oxygen atoms in total. The second-order valence-corrected chi connectivity index (χ2v) is 13.0. The van der Waals surface area contributed by atoms with Crippen molar-refractivity contribution in [1.29, 1.82) is 0 Å². The molecule has 0 aliphatic heterocycles. The molecule has 4 aromatic carbocycles. The number of benzene rings is 4. The lowest BCUT2D eigenvalue weighted by molar-refractivity contribution is 0.0600. The van der Waals surface area contributed by atoms with Crippen LogP contribution in [0, 0.1) is 26.2 Å². The van der Waals surface area contributed by atoms with Crippen LogP contribution in [0.15, 0.2) is 101 Å². The van der Waals surface area contributed by atoms with Crippen LogP contribution in [-0.2, 0) is 14.8 Å². The molecule has 0 aliphatic rings. The number of thiophene rings is 1. The van der Waals surface area contributed by atoms with Gasteiger partial charge >= 0.3 is 5.97 Å². The van der Waals surface area contributed by atoms with Crippen molar-refractivity contribution in [1.82, 2.24) is 3.97 Å². The molecular formula is C35H25FN2O4S2. The monoisotopic (exact) mass is 620 g/mol. The fourth-order valence-corrected chi connectivity index (χ4v) is 7.65. The van der Waals surface area contributed by atoms with E-state index < -0.39 is 21.8 Å². The van der Waals surface area contributed by atoms with E-state index in [0.717, 1.165) is 22.3 Å². The smallest absolute Gasteiger partial charge is 0.337 e. The van der Waals surface area contributed by atoms with Gasteiger partial charge in [-0.1, -0.05) is 42.5 Å². The molecule has 0 unspecified atom stereocenters. The number of esters is 1. The van der Waals surface area contributed by atoms with Gasteiger partial charge in [0, 0.05) is 22.1 Å². The van der Waals surface area contributed by atoms with E-state index in [1.165, 1.54) is 40.6 Å². The van der Waals surface area contributed by atoms with Crippen LogP contribution in [0.4, 0.5) is 9.39 Å². The van der Waals surface area contributed by atoms with Gasteiger partial charge in [-0.2, -0.15) is 11.3 Å². The summed E-state index contributed by atoms with van der Waals surface area (Å²) in [5.74, 6) is -0.973. The molecule has 0 saturated heterocycles. The summed E-state index contributed by atoms with van der Waals surface area (Å²) in [6.07, 6.45) is 0. The molecule has 6 aromatic rings. The van der Waals surface area contributed by atoms with E-state index in [2.05, 4.69) is 4.85 Å². The van der Waals surface area contributed by atoms with Crippen LogP contribution in [0.3, 0.4) is 0 Å². The Bertz CT molecular complexity index is 2240. The Labute approximate surface area is 258 Å². The highest BCUT2D eigenvalue weighted by Gasteiger charge is 2.30. The maximum absolute atomic E-state index is 14.9. The minimum Gasteiger partial charge on any atom is -0.465 e. The van der Waals surface area contributed by atoms with Gasteiger partial charge in [0.15, 0.2) is 0 Å². The van der Waals surface area contributed by atoms with Gasteiger partial charge in [-0.25, -0.2) is 26.4 Å². The zero-order valence-corrected chi connectivity index (χ0v) is 25.6. The van der Waals surface area contributed by atoms with Gasteiger partial charge < -0.3 is 4.74 Å². The fraction of sp³-hybridized carbons (Fsp3) is 0.0857. The van der Waals surface area contributed by atoms with Crippen LogP contribution in [0.25, 0.3) is 49.3 Å². The molecule has 0 saturated carbocycles. The number of hydrogen-bond donors (Lipinski definition) is 0. The van der Waals surface area contributed by atoms with Crippen molar-refractivity contribution in [2.45, 2.75) is 18.7 Å². The summed E-state index contributed by atoms with van der Waals surface area (Å²) in [6.45, 7) is 11.6. The summed E-state index contributed by atoms with van der Waals surface area (Å²) in [5, 5.41) is 2.52. The zero-order valence-electron chi connectivity index (χ0n) is 24.0. The summed E-state index contributed by atoms with van der Waals surface area (Å²) in [5.41, 5.74) is 5.90. The van der Waals surface area contributed by atoms with Crippen LogP contribution in [0.1, 0.15) is 21.5 Å². The van der Waals surface area contributed by atoms with Gasteiger partial charge in [-0.05, 0) is 90.0 Å². The molecule has 9 heteroatoms. The third kappa shape index (κ3) is 4.88. The Hall–Kier alpha value is -5.04. The SMILES string of the molecule is [C-]#[N+]c1sccc1-c1c(-c2cccc(-c3ccc(C(=O)OC)cc3)c2)n(S(=O)(=O)c2ccc(C)c(C)c2)c2ccc(F)cc12. The molecular weight excluding hydrogens is 596 g/mol. The molecule has 6 rings (SSSR count). The average molecular weight is 621 g/mol. The number of nitrogens with zero attached hydrogens (tertiary/aromatic N) is 2. The standard InChI is InChI=1S/C35H25FN2O4S2/c1-21-8-14-28(18-22(21)2)44(40,41)38-31-15-13-27(36)20-30(31)32(29-16-17-43-34(29)37-3)33(38)26-7-5-6-25(19-26)23-9-11-24(12-10-23)35(39)42-4/h5-20H,1-2,4H3. The van der Waals surface area contributed by atoms with Crippen molar-refractivity contribution in [2.75, 3.05) is 7.11 Å². The number of carbonyl (C=O) groups excluding carboxylic acids is 1. The molecule has 0 atom stereocenters. The number of rotatable bonds is 6.